The van der Waals surface area contributed by atoms with E-state index in [1.165, 1.54) is 0 Å². The van der Waals surface area contributed by atoms with Crippen LogP contribution in [0.3, 0.4) is 0 Å². The Bertz CT molecular complexity index is 1570. The molecule has 4 heteroatoms. The summed E-state index contributed by atoms with van der Waals surface area (Å²) in [6, 6.07) is 39.4. The summed E-state index contributed by atoms with van der Waals surface area (Å²) in [6.07, 6.45) is 8.13. The molecule has 2 aromatic heterocycles. The van der Waals surface area contributed by atoms with Crippen molar-refractivity contribution in [1.82, 2.24) is 0 Å². The molecule has 0 atom stereocenters. The molecular formula is C34H26N2O2+2. The van der Waals surface area contributed by atoms with E-state index >= 15 is 0 Å². The molecule has 0 bridgehead atoms. The van der Waals surface area contributed by atoms with Crippen molar-refractivity contribution in [2.75, 3.05) is 0 Å². The van der Waals surface area contributed by atoms with Crippen molar-refractivity contribution in [3.8, 4) is 56.3 Å². The third-order valence-electron chi connectivity index (χ3n) is 6.72. The first-order chi connectivity index (χ1) is 18.7. The fraction of sp³-hybridized carbons (Fsp3) is 0. The third-order valence-corrected chi connectivity index (χ3v) is 6.72. The summed E-state index contributed by atoms with van der Waals surface area (Å²) in [5.74, 6) is 0.526. The predicted octanol–water partition coefficient (Wildman–Crippen LogP) is 6.65. The van der Waals surface area contributed by atoms with Gasteiger partial charge in [0.1, 0.15) is 11.5 Å². The summed E-state index contributed by atoms with van der Waals surface area (Å²) >= 11 is 0. The second kappa shape index (κ2) is 10.0. The van der Waals surface area contributed by atoms with Gasteiger partial charge in [-0.15, -0.1) is 0 Å². The lowest BCUT2D eigenvalue weighted by Crippen LogP contribution is -2.29. The zero-order valence-electron chi connectivity index (χ0n) is 20.6. The van der Waals surface area contributed by atoms with Gasteiger partial charge in [0, 0.05) is 59.7 Å². The highest BCUT2D eigenvalue weighted by atomic mass is 16.3. The predicted molar refractivity (Wildman–Crippen MR) is 149 cm³/mol. The van der Waals surface area contributed by atoms with Crippen LogP contribution in [0.25, 0.3) is 44.8 Å². The van der Waals surface area contributed by atoms with Gasteiger partial charge in [0.05, 0.1) is 0 Å². The van der Waals surface area contributed by atoms with Crippen LogP contribution in [0, 0.1) is 0 Å². The first kappa shape index (κ1) is 23.2. The summed E-state index contributed by atoms with van der Waals surface area (Å²) in [4.78, 5) is 0. The van der Waals surface area contributed by atoms with E-state index in [-0.39, 0.29) is 11.5 Å². The Hall–Kier alpha value is -5.22. The minimum Gasteiger partial charge on any atom is -0.507 e. The molecule has 0 spiro atoms. The molecule has 6 rings (SSSR count). The number of phenolic OH excluding ortho intramolecular Hbond substituents is 2. The lowest BCUT2D eigenvalue weighted by atomic mass is 10.0. The molecular weight excluding hydrogens is 468 g/mol. The molecule has 4 nitrogen and oxygen atoms in total. The van der Waals surface area contributed by atoms with E-state index in [2.05, 4.69) is 24.3 Å². The van der Waals surface area contributed by atoms with Gasteiger partial charge in [-0.3, -0.25) is 0 Å². The van der Waals surface area contributed by atoms with Gasteiger partial charge in [0.15, 0.2) is 24.8 Å². The van der Waals surface area contributed by atoms with Crippen LogP contribution in [-0.4, -0.2) is 10.2 Å². The number of phenols is 2. The number of aromatic nitrogens is 2. The molecule has 38 heavy (non-hydrogen) atoms. The molecule has 6 aromatic rings. The Kier molecular flexibility index (Phi) is 6.12. The van der Waals surface area contributed by atoms with Crippen LogP contribution in [0.15, 0.2) is 146 Å². The summed E-state index contributed by atoms with van der Waals surface area (Å²) in [5, 5.41) is 20.8. The summed E-state index contributed by atoms with van der Waals surface area (Å²) in [7, 11) is 0. The molecule has 2 heterocycles. The molecule has 0 aliphatic carbocycles. The van der Waals surface area contributed by atoms with Gasteiger partial charge in [-0.05, 0) is 34.4 Å². The van der Waals surface area contributed by atoms with Crippen molar-refractivity contribution in [3.63, 3.8) is 0 Å². The van der Waals surface area contributed by atoms with Gasteiger partial charge in [-0.1, -0.05) is 60.7 Å². The van der Waals surface area contributed by atoms with Gasteiger partial charge in [0.2, 0.25) is 11.4 Å². The molecule has 0 aliphatic heterocycles. The maximum absolute atomic E-state index is 10.4. The lowest BCUT2D eigenvalue weighted by molar-refractivity contribution is -0.596. The summed E-state index contributed by atoms with van der Waals surface area (Å²) in [5.41, 5.74) is 7.71. The quantitative estimate of drug-likeness (QED) is 0.264. The van der Waals surface area contributed by atoms with Crippen LogP contribution in [0.4, 0.5) is 0 Å². The van der Waals surface area contributed by atoms with Crippen molar-refractivity contribution < 1.29 is 19.3 Å². The summed E-state index contributed by atoms with van der Waals surface area (Å²) < 4.78 is 4.08. The Morgan fingerprint density at radius 2 is 0.737 bits per heavy atom. The SMILES string of the molecule is Oc1ccc(-[n+]2ccc(-c3cc[n+](-c4ccc(O)c(-c5ccccc5)c4)cc3)cc2)cc1-c1ccccc1. The second-order valence-corrected chi connectivity index (χ2v) is 9.12. The molecule has 0 saturated carbocycles. The molecule has 0 unspecified atom stereocenters. The molecule has 2 N–H and O–H groups in total. The molecule has 0 radical (unpaired) electrons. The van der Waals surface area contributed by atoms with E-state index in [0.29, 0.717) is 0 Å². The van der Waals surface area contributed by atoms with Crippen molar-refractivity contribution in [2.24, 2.45) is 0 Å². The zero-order chi connectivity index (χ0) is 25.9. The van der Waals surface area contributed by atoms with Crippen LogP contribution in [0.1, 0.15) is 0 Å². The fourth-order valence-electron chi connectivity index (χ4n) is 4.65. The van der Waals surface area contributed by atoms with Gasteiger partial charge >= 0.3 is 0 Å². The van der Waals surface area contributed by atoms with Crippen LogP contribution in [-0.2, 0) is 0 Å². The van der Waals surface area contributed by atoms with Crippen molar-refractivity contribution in [1.29, 1.82) is 0 Å². The molecule has 0 fully saturated rings. The van der Waals surface area contributed by atoms with E-state index in [1.807, 2.05) is 119 Å². The molecule has 4 aromatic carbocycles. The number of rotatable bonds is 5. The van der Waals surface area contributed by atoms with Gasteiger partial charge in [0.25, 0.3) is 0 Å². The third kappa shape index (κ3) is 4.63. The van der Waals surface area contributed by atoms with E-state index in [0.717, 1.165) is 44.8 Å². The number of aromatic hydroxyl groups is 2. The largest absolute Gasteiger partial charge is 0.507 e. The first-order valence-corrected chi connectivity index (χ1v) is 12.5. The zero-order valence-corrected chi connectivity index (χ0v) is 20.6. The highest BCUT2D eigenvalue weighted by Gasteiger charge is 2.14. The van der Waals surface area contributed by atoms with Crippen molar-refractivity contribution in [2.45, 2.75) is 0 Å². The maximum atomic E-state index is 10.4. The average Bonchev–Trinajstić information content (AvgIpc) is 2.99. The lowest BCUT2D eigenvalue weighted by Gasteiger charge is -2.06. The normalized spacial score (nSPS) is 10.8. The number of benzene rings is 4. The van der Waals surface area contributed by atoms with E-state index in [1.54, 1.807) is 12.1 Å². The molecule has 0 aliphatic rings. The Balaban J connectivity index is 1.25. The topological polar surface area (TPSA) is 48.2 Å². The second-order valence-electron chi connectivity index (χ2n) is 9.12. The van der Waals surface area contributed by atoms with Crippen LogP contribution < -0.4 is 9.13 Å². The minimum atomic E-state index is 0.263. The van der Waals surface area contributed by atoms with Crippen molar-refractivity contribution in [3.05, 3.63) is 146 Å². The van der Waals surface area contributed by atoms with Gasteiger partial charge < -0.3 is 10.2 Å². The van der Waals surface area contributed by atoms with Crippen LogP contribution in [0.5, 0.6) is 11.5 Å². The fourth-order valence-corrected chi connectivity index (χ4v) is 4.65. The first-order valence-electron chi connectivity index (χ1n) is 12.5. The number of nitrogens with zero attached hydrogens (tertiary/aromatic N) is 2. The maximum Gasteiger partial charge on any atom is 0.211 e. The van der Waals surface area contributed by atoms with E-state index < -0.39 is 0 Å². The average molecular weight is 495 g/mol. The Morgan fingerprint density at radius 1 is 0.368 bits per heavy atom. The van der Waals surface area contributed by atoms with E-state index in [4.69, 9.17) is 0 Å². The Morgan fingerprint density at radius 3 is 1.11 bits per heavy atom. The Labute approximate surface area is 221 Å². The molecule has 182 valence electrons. The number of hydrogen-bond acceptors (Lipinski definition) is 2. The highest BCUT2D eigenvalue weighted by Crippen LogP contribution is 2.31. The standard InChI is InChI=1S/C34H24N2O2/c37-33-13-11-29(23-31(33)27-7-3-1-4-8-27)35-19-15-25(16-20-35)26-17-21-36(22-18-26)30-12-14-34(38)32(24-30)28-9-5-2-6-10-28/h1-24H/p+2. The van der Waals surface area contributed by atoms with Crippen LogP contribution in [0.2, 0.25) is 0 Å². The van der Waals surface area contributed by atoms with Gasteiger partial charge in [-0.25, -0.2) is 0 Å². The summed E-state index contributed by atoms with van der Waals surface area (Å²) in [6.45, 7) is 0. The monoisotopic (exact) mass is 494 g/mol. The molecule has 0 saturated heterocycles. The number of pyridine rings is 2. The highest BCUT2D eigenvalue weighted by molar-refractivity contribution is 5.72. The number of hydrogen-bond donors (Lipinski definition) is 2. The molecule has 0 amide bonds. The van der Waals surface area contributed by atoms with Crippen LogP contribution >= 0.6 is 0 Å². The minimum absolute atomic E-state index is 0.263. The van der Waals surface area contributed by atoms with Crippen molar-refractivity contribution >= 4 is 0 Å². The van der Waals surface area contributed by atoms with E-state index in [9.17, 15) is 10.2 Å². The van der Waals surface area contributed by atoms with Gasteiger partial charge in [-0.2, -0.15) is 9.13 Å². The smallest absolute Gasteiger partial charge is 0.211 e.